The van der Waals surface area contributed by atoms with Crippen molar-refractivity contribution in [1.82, 2.24) is 9.55 Å². The standard InChI is InChI=1S/C14H21N3/c1-4-14-16-12-6-5-11(7-10(2)9-15)8-13(12)17(14)3/h5-6,8,10H,4,7,9,15H2,1-3H3. The van der Waals surface area contributed by atoms with E-state index in [1.165, 1.54) is 11.1 Å². The number of benzene rings is 1. The van der Waals surface area contributed by atoms with Gasteiger partial charge in [-0.15, -0.1) is 0 Å². The first-order valence-electron chi connectivity index (χ1n) is 6.30. The zero-order chi connectivity index (χ0) is 12.4. The Morgan fingerprint density at radius 2 is 2.18 bits per heavy atom. The Balaban J connectivity index is 2.39. The summed E-state index contributed by atoms with van der Waals surface area (Å²) in [6.07, 6.45) is 2.01. The van der Waals surface area contributed by atoms with Gasteiger partial charge < -0.3 is 10.3 Å². The first-order valence-corrected chi connectivity index (χ1v) is 6.30. The number of imidazole rings is 1. The van der Waals surface area contributed by atoms with Gasteiger partial charge in [0, 0.05) is 13.5 Å². The van der Waals surface area contributed by atoms with Crippen LogP contribution in [0.2, 0.25) is 0 Å². The molecular formula is C14H21N3. The molecule has 0 aliphatic heterocycles. The maximum Gasteiger partial charge on any atom is 0.109 e. The molecule has 0 spiro atoms. The van der Waals surface area contributed by atoms with E-state index in [1.54, 1.807) is 0 Å². The van der Waals surface area contributed by atoms with Crippen molar-refractivity contribution in [1.29, 1.82) is 0 Å². The maximum absolute atomic E-state index is 5.67. The Kier molecular flexibility index (Phi) is 3.48. The van der Waals surface area contributed by atoms with E-state index in [9.17, 15) is 0 Å². The molecule has 0 amide bonds. The molecule has 1 atom stereocenters. The Morgan fingerprint density at radius 3 is 2.82 bits per heavy atom. The van der Waals surface area contributed by atoms with Gasteiger partial charge in [-0.25, -0.2) is 4.98 Å². The summed E-state index contributed by atoms with van der Waals surface area (Å²) in [7, 11) is 2.09. The van der Waals surface area contributed by atoms with Gasteiger partial charge in [0.1, 0.15) is 5.82 Å². The molecule has 0 bridgehead atoms. The van der Waals surface area contributed by atoms with Crippen molar-refractivity contribution in [2.45, 2.75) is 26.7 Å². The summed E-state index contributed by atoms with van der Waals surface area (Å²) in [6, 6.07) is 6.53. The lowest BCUT2D eigenvalue weighted by molar-refractivity contribution is 0.593. The molecular weight excluding hydrogens is 210 g/mol. The van der Waals surface area contributed by atoms with Crippen LogP contribution in [-0.2, 0) is 19.9 Å². The molecule has 92 valence electrons. The lowest BCUT2D eigenvalue weighted by atomic mass is 10.0. The number of rotatable bonds is 4. The second kappa shape index (κ2) is 4.88. The van der Waals surface area contributed by atoms with Crippen LogP contribution in [0.1, 0.15) is 25.2 Å². The largest absolute Gasteiger partial charge is 0.331 e. The van der Waals surface area contributed by atoms with Crippen molar-refractivity contribution in [3.63, 3.8) is 0 Å². The minimum atomic E-state index is 0.534. The van der Waals surface area contributed by atoms with Crippen LogP contribution in [-0.4, -0.2) is 16.1 Å². The first-order chi connectivity index (χ1) is 8.15. The molecule has 1 heterocycles. The highest BCUT2D eigenvalue weighted by Gasteiger charge is 2.08. The Hall–Kier alpha value is -1.35. The third-order valence-electron chi connectivity index (χ3n) is 3.34. The van der Waals surface area contributed by atoms with E-state index in [1.807, 2.05) is 0 Å². The number of aromatic nitrogens is 2. The summed E-state index contributed by atoms with van der Waals surface area (Å²) in [5, 5.41) is 0. The number of fused-ring (bicyclic) bond motifs is 1. The summed E-state index contributed by atoms with van der Waals surface area (Å²) >= 11 is 0. The van der Waals surface area contributed by atoms with E-state index in [-0.39, 0.29) is 0 Å². The fraction of sp³-hybridized carbons (Fsp3) is 0.500. The Labute approximate surface area is 103 Å². The van der Waals surface area contributed by atoms with Crippen LogP contribution >= 0.6 is 0 Å². The number of hydrogen-bond acceptors (Lipinski definition) is 2. The molecule has 17 heavy (non-hydrogen) atoms. The van der Waals surface area contributed by atoms with Crippen molar-refractivity contribution in [2.75, 3.05) is 6.54 Å². The molecule has 3 heteroatoms. The minimum Gasteiger partial charge on any atom is -0.331 e. The molecule has 1 unspecified atom stereocenters. The molecule has 3 nitrogen and oxygen atoms in total. The van der Waals surface area contributed by atoms with Gasteiger partial charge in [-0.2, -0.15) is 0 Å². The van der Waals surface area contributed by atoms with Crippen LogP contribution in [0.5, 0.6) is 0 Å². The highest BCUT2D eigenvalue weighted by Crippen LogP contribution is 2.19. The summed E-state index contributed by atoms with van der Waals surface area (Å²) in [5.74, 6) is 1.68. The van der Waals surface area contributed by atoms with Crippen molar-refractivity contribution in [3.05, 3.63) is 29.6 Å². The lowest BCUT2D eigenvalue weighted by Gasteiger charge is -2.08. The van der Waals surface area contributed by atoms with Gasteiger partial charge >= 0.3 is 0 Å². The first kappa shape index (κ1) is 12.1. The third kappa shape index (κ3) is 2.34. The fourth-order valence-electron chi connectivity index (χ4n) is 2.21. The summed E-state index contributed by atoms with van der Waals surface area (Å²) in [5.41, 5.74) is 9.34. The van der Waals surface area contributed by atoms with E-state index in [0.717, 1.165) is 30.7 Å². The number of hydrogen-bond donors (Lipinski definition) is 1. The van der Waals surface area contributed by atoms with E-state index in [0.29, 0.717) is 5.92 Å². The quantitative estimate of drug-likeness (QED) is 0.877. The molecule has 2 N–H and O–H groups in total. The average Bonchev–Trinajstić information content (AvgIpc) is 2.66. The van der Waals surface area contributed by atoms with Crippen LogP contribution < -0.4 is 5.73 Å². The summed E-state index contributed by atoms with van der Waals surface area (Å²) < 4.78 is 2.19. The number of nitrogens with two attached hydrogens (primary N) is 1. The molecule has 1 aromatic heterocycles. The van der Waals surface area contributed by atoms with E-state index < -0.39 is 0 Å². The predicted octanol–water partition coefficient (Wildman–Crippen LogP) is 2.27. The van der Waals surface area contributed by atoms with Crippen molar-refractivity contribution >= 4 is 11.0 Å². The molecule has 0 radical (unpaired) electrons. The molecule has 0 aliphatic carbocycles. The van der Waals surface area contributed by atoms with Crippen molar-refractivity contribution < 1.29 is 0 Å². The van der Waals surface area contributed by atoms with Gasteiger partial charge in [-0.05, 0) is 36.6 Å². The van der Waals surface area contributed by atoms with Crippen LogP contribution in [0.25, 0.3) is 11.0 Å². The van der Waals surface area contributed by atoms with Gasteiger partial charge in [0.15, 0.2) is 0 Å². The highest BCUT2D eigenvalue weighted by molar-refractivity contribution is 5.76. The van der Waals surface area contributed by atoms with Gasteiger partial charge in [-0.1, -0.05) is 19.9 Å². The van der Waals surface area contributed by atoms with Crippen LogP contribution in [0.15, 0.2) is 18.2 Å². The fourth-order valence-corrected chi connectivity index (χ4v) is 2.21. The maximum atomic E-state index is 5.67. The number of aryl methyl sites for hydroxylation is 2. The second-order valence-corrected chi connectivity index (χ2v) is 4.81. The zero-order valence-corrected chi connectivity index (χ0v) is 10.9. The summed E-state index contributed by atoms with van der Waals surface area (Å²) in [6.45, 7) is 5.06. The van der Waals surface area contributed by atoms with E-state index in [2.05, 4.69) is 48.6 Å². The van der Waals surface area contributed by atoms with Crippen LogP contribution in [0.4, 0.5) is 0 Å². The molecule has 0 saturated carbocycles. The van der Waals surface area contributed by atoms with Gasteiger partial charge in [0.2, 0.25) is 0 Å². The van der Waals surface area contributed by atoms with E-state index >= 15 is 0 Å². The van der Waals surface area contributed by atoms with Crippen molar-refractivity contribution in [3.8, 4) is 0 Å². The van der Waals surface area contributed by atoms with Gasteiger partial charge in [0.25, 0.3) is 0 Å². The number of nitrogens with zero attached hydrogens (tertiary/aromatic N) is 2. The van der Waals surface area contributed by atoms with Gasteiger partial charge in [-0.3, -0.25) is 0 Å². The monoisotopic (exact) mass is 231 g/mol. The third-order valence-corrected chi connectivity index (χ3v) is 3.34. The highest BCUT2D eigenvalue weighted by atomic mass is 15.1. The average molecular weight is 231 g/mol. The lowest BCUT2D eigenvalue weighted by Crippen LogP contribution is -2.13. The van der Waals surface area contributed by atoms with Crippen molar-refractivity contribution in [2.24, 2.45) is 18.7 Å². The molecule has 2 aromatic rings. The van der Waals surface area contributed by atoms with E-state index in [4.69, 9.17) is 5.73 Å². The predicted molar refractivity (Wildman–Crippen MR) is 72.0 cm³/mol. The normalized spacial score (nSPS) is 13.2. The second-order valence-electron chi connectivity index (χ2n) is 4.81. The Morgan fingerprint density at radius 1 is 1.41 bits per heavy atom. The smallest absolute Gasteiger partial charge is 0.109 e. The summed E-state index contributed by atoms with van der Waals surface area (Å²) in [4.78, 5) is 4.61. The van der Waals surface area contributed by atoms with Crippen LogP contribution in [0, 0.1) is 5.92 Å². The SMILES string of the molecule is CCc1nc2ccc(CC(C)CN)cc2n1C. The Bertz CT molecular complexity index is 513. The minimum absolute atomic E-state index is 0.534. The molecule has 1 aromatic carbocycles. The van der Waals surface area contributed by atoms with Crippen LogP contribution in [0.3, 0.4) is 0 Å². The molecule has 0 saturated heterocycles. The topological polar surface area (TPSA) is 43.8 Å². The molecule has 0 fully saturated rings. The molecule has 0 aliphatic rings. The molecule has 2 rings (SSSR count). The van der Waals surface area contributed by atoms with Gasteiger partial charge in [0.05, 0.1) is 11.0 Å². The zero-order valence-electron chi connectivity index (χ0n) is 10.9.